The molecule has 1 aliphatic carbocycles. The molecule has 1 aromatic carbocycles. The van der Waals surface area contributed by atoms with Gasteiger partial charge in [-0.15, -0.1) is 0 Å². The molecule has 0 aromatic heterocycles. The third-order valence-corrected chi connectivity index (χ3v) is 4.29. The Bertz CT molecular complexity index is 496. The second kappa shape index (κ2) is 8.77. The van der Waals surface area contributed by atoms with Crippen LogP contribution in [0, 0.1) is 6.92 Å². The molecule has 0 aliphatic heterocycles. The smallest absolute Gasteiger partial charge is 0.191 e. The Morgan fingerprint density at radius 2 is 2.00 bits per heavy atom. The Hall–Kier alpha value is -1.75. The minimum Gasteiger partial charge on any atom is -0.492 e. The zero-order valence-electron chi connectivity index (χ0n) is 14.8. The molecular weight excluding hydrogens is 288 g/mol. The summed E-state index contributed by atoms with van der Waals surface area (Å²) in [6.45, 7) is 6.55. The van der Waals surface area contributed by atoms with E-state index in [1.807, 2.05) is 12.1 Å². The standard InChI is InChI=1S/C18H30N4O/c1-14-5-9-17(10-6-14)23-12-11-20-18(19-3)21-13-15(2)22(4)16-7-8-16/h5-6,9-10,15-16H,7-8,11-13H2,1-4H3,(H2,19,20,21). The Morgan fingerprint density at radius 3 is 2.61 bits per heavy atom. The molecule has 1 saturated carbocycles. The summed E-state index contributed by atoms with van der Waals surface area (Å²) in [5.41, 5.74) is 1.24. The van der Waals surface area contributed by atoms with E-state index < -0.39 is 0 Å². The third kappa shape index (κ3) is 6.10. The van der Waals surface area contributed by atoms with Crippen LogP contribution in [-0.2, 0) is 0 Å². The molecule has 0 heterocycles. The normalized spacial score (nSPS) is 16.3. The van der Waals surface area contributed by atoms with Crippen LogP contribution in [0.1, 0.15) is 25.3 Å². The summed E-state index contributed by atoms with van der Waals surface area (Å²) in [7, 11) is 4.00. The number of hydrogen-bond acceptors (Lipinski definition) is 3. The lowest BCUT2D eigenvalue weighted by atomic mass is 10.2. The molecule has 5 heteroatoms. The van der Waals surface area contributed by atoms with E-state index in [-0.39, 0.29) is 0 Å². The zero-order valence-corrected chi connectivity index (χ0v) is 14.8. The summed E-state index contributed by atoms with van der Waals surface area (Å²) in [6, 6.07) is 9.40. The number of nitrogens with zero attached hydrogens (tertiary/aromatic N) is 2. The molecule has 1 aromatic rings. The van der Waals surface area contributed by atoms with Gasteiger partial charge in [-0.05, 0) is 45.9 Å². The number of guanidine groups is 1. The van der Waals surface area contributed by atoms with E-state index in [1.165, 1.54) is 18.4 Å². The number of ether oxygens (including phenoxy) is 1. The van der Waals surface area contributed by atoms with Gasteiger partial charge in [-0.25, -0.2) is 0 Å². The Kier molecular flexibility index (Phi) is 6.71. The van der Waals surface area contributed by atoms with Crippen molar-refractivity contribution in [3.8, 4) is 5.75 Å². The highest BCUT2D eigenvalue weighted by Gasteiger charge is 2.28. The molecule has 1 fully saturated rings. The van der Waals surface area contributed by atoms with Crippen molar-refractivity contribution in [3.63, 3.8) is 0 Å². The number of rotatable bonds is 8. The average molecular weight is 318 g/mol. The second-order valence-corrected chi connectivity index (χ2v) is 6.29. The third-order valence-electron chi connectivity index (χ3n) is 4.29. The fraction of sp³-hybridized carbons (Fsp3) is 0.611. The molecule has 2 N–H and O–H groups in total. The van der Waals surface area contributed by atoms with E-state index in [2.05, 4.69) is 53.6 Å². The predicted molar refractivity (Wildman–Crippen MR) is 96.3 cm³/mol. The van der Waals surface area contributed by atoms with Crippen LogP contribution in [0.5, 0.6) is 5.75 Å². The van der Waals surface area contributed by atoms with Crippen molar-refractivity contribution in [2.75, 3.05) is 33.8 Å². The molecule has 23 heavy (non-hydrogen) atoms. The molecule has 0 spiro atoms. The highest BCUT2D eigenvalue weighted by molar-refractivity contribution is 5.79. The largest absolute Gasteiger partial charge is 0.492 e. The average Bonchev–Trinajstić information content (AvgIpc) is 3.39. The van der Waals surface area contributed by atoms with Crippen molar-refractivity contribution in [2.45, 2.75) is 38.8 Å². The first-order chi connectivity index (χ1) is 11.1. The summed E-state index contributed by atoms with van der Waals surface area (Å²) in [6.07, 6.45) is 2.67. The number of benzene rings is 1. The van der Waals surface area contributed by atoms with Gasteiger partial charge in [0.2, 0.25) is 0 Å². The molecule has 1 atom stereocenters. The fourth-order valence-electron chi connectivity index (χ4n) is 2.42. The zero-order chi connectivity index (χ0) is 16.7. The Morgan fingerprint density at radius 1 is 1.30 bits per heavy atom. The second-order valence-electron chi connectivity index (χ2n) is 6.29. The van der Waals surface area contributed by atoms with Crippen LogP contribution in [0.3, 0.4) is 0 Å². The maximum absolute atomic E-state index is 5.71. The van der Waals surface area contributed by atoms with E-state index in [0.717, 1.165) is 30.8 Å². The molecule has 128 valence electrons. The van der Waals surface area contributed by atoms with Crippen molar-refractivity contribution in [3.05, 3.63) is 29.8 Å². The van der Waals surface area contributed by atoms with Gasteiger partial charge in [0.1, 0.15) is 12.4 Å². The lowest BCUT2D eigenvalue weighted by molar-refractivity contribution is 0.247. The molecular formula is C18H30N4O. The van der Waals surface area contributed by atoms with Gasteiger partial charge in [-0.1, -0.05) is 17.7 Å². The van der Waals surface area contributed by atoms with Crippen LogP contribution in [-0.4, -0.2) is 56.7 Å². The number of likely N-dealkylation sites (N-methyl/N-ethyl adjacent to an activating group) is 1. The summed E-state index contributed by atoms with van der Waals surface area (Å²) >= 11 is 0. The first-order valence-corrected chi connectivity index (χ1v) is 8.46. The van der Waals surface area contributed by atoms with Gasteiger partial charge in [-0.2, -0.15) is 0 Å². The van der Waals surface area contributed by atoms with Crippen molar-refractivity contribution < 1.29 is 4.74 Å². The minimum atomic E-state index is 0.504. The first kappa shape index (κ1) is 17.6. The lowest BCUT2D eigenvalue weighted by Crippen LogP contribution is -2.46. The van der Waals surface area contributed by atoms with Crippen molar-refractivity contribution in [2.24, 2.45) is 4.99 Å². The topological polar surface area (TPSA) is 48.9 Å². The molecule has 0 saturated heterocycles. The summed E-state index contributed by atoms with van der Waals surface area (Å²) in [4.78, 5) is 6.70. The van der Waals surface area contributed by atoms with E-state index in [9.17, 15) is 0 Å². The molecule has 5 nitrogen and oxygen atoms in total. The van der Waals surface area contributed by atoms with Gasteiger partial charge in [0, 0.05) is 25.7 Å². The highest BCUT2D eigenvalue weighted by atomic mass is 16.5. The molecule has 1 aliphatic rings. The number of aryl methyl sites for hydroxylation is 1. The SMILES string of the molecule is CN=C(NCCOc1ccc(C)cc1)NCC(C)N(C)C1CC1. The van der Waals surface area contributed by atoms with Gasteiger partial charge < -0.3 is 15.4 Å². The maximum Gasteiger partial charge on any atom is 0.191 e. The Labute approximate surface area is 140 Å². The van der Waals surface area contributed by atoms with Crippen molar-refractivity contribution >= 4 is 5.96 Å². The van der Waals surface area contributed by atoms with Crippen molar-refractivity contribution in [1.29, 1.82) is 0 Å². The van der Waals surface area contributed by atoms with Crippen molar-refractivity contribution in [1.82, 2.24) is 15.5 Å². The predicted octanol–water partition coefficient (Wildman–Crippen LogP) is 2.02. The maximum atomic E-state index is 5.71. The first-order valence-electron chi connectivity index (χ1n) is 8.46. The van der Waals surface area contributed by atoms with E-state index >= 15 is 0 Å². The fourth-order valence-corrected chi connectivity index (χ4v) is 2.42. The van der Waals surface area contributed by atoms with Gasteiger partial charge in [0.25, 0.3) is 0 Å². The number of nitrogens with one attached hydrogen (secondary N) is 2. The molecule has 0 radical (unpaired) electrons. The van der Waals surface area contributed by atoms with Crippen LogP contribution < -0.4 is 15.4 Å². The van der Waals surface area contributed by atoms with Crippen LogP contribution in [0.4, 0.5) is 0 Å². The van der Waals surface area contributed by atoms with E-state index in [4.69, 9.17) is 4.74 Å². The minimum absolute atomic E-state index is 0.504. The van der Waals surface area contributed by atoms with E-state index in [1.54, 1.807) is 7.05 Å². The summed E-state index contributed by atoms with van der Waals surface area (Å²) in [5.74, 6) is 1.73. The number of aliphatic imine (C=N–C) groups is 1. The molecule has 0 amide bonds. The lowest BCUT2D eigenvalue weighted by Gasteiger charge is -2.25. The van der Waals surface area contributed by atoms with Crippen LogP contribution in [0.15, 0.2) is 29.3 Å². The quantitative estimate of drug-likeness (QED) is 0.437. The van der Waals surface area contributed by atoms with Crippen LogP contribution in [0.25, 0.3) is 0 Å². The molecule has 1 unspecified atom stereocenters. The summed E-state index contributed by atoms with van der Waals surface area (Å²) in [5, 5.41) is 6.67. The van der Waals surface area contributed by atoms with Crippen LogP contribution >= 0.6 is 0 Å². The van der Waals surface area contributed by atoms with Gasteiger partial charge in [0.05, 0.1) is 6.54 Å². The summed E-state index contributed by atoms with van der Waals surface area (Å²) < 4.78 is 5.71. The monoisotopic (exact) mass is 318 g/mol. The van der Waals surface area contributed by atoms with Crippen LogP contribution in [0.2, 0.25) is 0 Å². The van der Waals surface area contributed by atoms with Gasteiger partial charge >= 0.3 is 0 Å². The van der Waals surface area contributed by atoms with Gasteiger partial charge in [0.15, 0.2) is 5.96 Å². The van der Waals surface area contributed by atoms with E-state index in [0.29, 0.717) is 12.6 Å². The highest BCUT2D eigenvalue weighted by Crippen LogP contribution is 2.26. The number of hydrogen-bond donors (Lipinski definition) is 2. The Balaban J connectivity index is 1.61. The van der Waals surface area contributed by atoms with Gasteiger partial charge in [-0.3, -0.25) is 9.89 Å². The molecule has 2 rings (SSSR count). The molecule has 0 bridgehead atoms.